The van der Waals surface area contributed by atoms with Crippen molar-refractivity contribution in [2.24, 2.45) is 0 Å². The van der Waals surface area contributed by atoms with Gasteiger partial charge in [-0.2, -0.15) is 0 Å². The van der Waals surface area contributed by atoms with Gasteiger partial charge in [0, 0.05) is 26.0 Å². The molecule has 0 bridgehead atoms. The maximum absolute atomic E-state index is 12.7. The summed E-state index contributed by atoms with van der Waals surface area (Å²) in [6.45, 7) is 1.82. The van der Waals surface area contributed by atoms with E-state index in [4.69, 9.17) is 4.74 Å². The summed E-state index contributed by atoms with van der Waals surface area (Å²) < 4.78 is 30.3. The van der Waals surface area contributed by atoms with Crippen molar-refractivity contribution in [2.45, 2.75) is 44.4 Å². The van der Waals surface area contributed by atoms with E-state index >= 15 is 0 Å². The molecule has 2 nitrogen and oxygen atoms in total. The highest BCUT2D eigenvalue weighted by Crippen LogP contribution is 2.34. The Morgan fingerprint density at radius 3 is 2.67 bits per heavy atom. The molecule has 12 heavy (non-hydrogen) atoms. The van der Waals surface area contributed by atoms with Crippen LogP contribution in [-0.2, 0) is 4.74 Å². The van der Waals surface area contributed by atoms with Crippen LogP contribution in [0.15, 0.2) is 0 Å². The van der Waals surface area contributed by atoms with Gasteiger partial charge in [-0.3, -0.25) is 5.32 Å². The van der Waals surface area contributed by atoms with Crippen LogP contribution in [0.2, 0.25) is 0 Å². The molecule has 0 heterocycles. The van der Waals surface area contributed by atoms with Crippen molar-refractivity contribution in [3.05, 3.63) is 0 Å². The van der Waals surface area contributed by atoms with E-state index in [1.165, 1.54) is 0 Å². The summed E-state index contributed by atoms with van der Waals surface area (Å²) in [6, 6.07) is -0.0880. The van der Waals surface area contributed by atoms with Crippen LogP contribution in [0.1, 0.15) is 26.2 Å². The van der Waals surface area contributed by atoms with Crippen molar-refractivity contribution in [3.63, 3.8) is 0 Å². The van der Waals surface area contributed by atoms with Crippen LogP contribution in [0, 0.1) is 0 Å². The number of rotatable bonds is 3. The molecule has 1 fully saturated rings. The molecule has 72 valence electrons. The summed E-state index contributed by atoms with van der Waals surface area (Å²) in [5.41, 5.74) is 0. The third kappa shape index (κ3) is 2.68. The third-order valence-electron chi connectivity index (χ3n) is 2.23. The molecule has 1 N–H and O–H groups in total. The first-order valence-electron chi connectivity index (χ1n) is 4.20. The van der Waals surface area contributed by atoms with E-state index in [9.17, 15) is 8.78 Å². The number of nitrogens with one attached hydrogen (secondary N) is 1. The van der Waals surface area contributed by atoms with Gasteiger partial charge in [-0.1, -0.05) is 0 Å². The Balaban J connectivity index is 2.28. The van der Waals surface area contributed by atoms with Gasteiger partial charge in [0.2, 0.25) is 5.92 Å². The van der Waals surface area contributed by atoms with Crippen LogP contribution in [-0.4, -0.2) is 25.3 Å². The van der Waals surface area contributed by atoms with Crippen LogP contribution < -0.4 is 5.32 Å². The molecule has 0 spiro atoms. The van der Waals surface area contributed by atoms with Crippen molar-refractivity contribution in [1.29, 1.82) is 0 Å². The van der Waals surface area contributed by atoms with Gasteiger partial charge in [-0.25, -0.2) is 8.78 Å². The first kappa shape index (κ1) is 9.86. The quantitative estimate of drug-likeness (QED) is 0.666. The molecule has 0 radical (unpaired) electrons. The average Bonchev–Trinajstić information content (AvgIpc) is 2.30. The SMILES string of the molecule is COC(C)NC1CCC(F)(F)C1. The Labute approximate surface area is 71.3 Å². The van der Waals surface area contributed by atoms with Crippen LogP contribution >= 0.6 is 0 Å². The molecule has 2 atom stereocenters. The number of hydrogen-bond acceptors (Lipinski definition) is 2. The normalized spacial score (nSPS) is 30.5. The maximum Gasteiger partial charge on any atom is 0.249 e. The zero-order valence-electron chi connectivity index (χ0n) is 7.44. The van der Waals surface area contributed by atoms with E-state index in [-0.39, 0.29) is 25.1 Å². The molecule has 0 amide bonds. The number of hydrogen-bond donors (Lipinski definition) is 1. The summed E-state index contributed by atoms with van der Waals surface area (Å²) in [4.78, 5) is 0. The lowest BCUT2D eigenvalue weighted by molar-refractivity contribution is 0.00330. The fraction of sp³-hybridized carbons (Fsp3) is 1.00. The molecule has 0 aromatic carbocycles. The summed E-state index contributed by atoms with van der Waals surface area (Å²) >= 11 is 0. The van der Waals surface area contributed by atoms with Gasteiger partial charge in [0.05, 0.1) is 0 Å². The van der Waals surface area contributed by atoms with Crippen molar-refractivity contribution < 1.29 is 13.5 Å². The molecular formula is C8H15F2NO. The fourth-order valence-corrected chi connectivity index (χ4v) is 1.49. The Hall–Kier alpha value is -0.220. The maximum atomic E-state index is 12.7. The molecule has 4 heteroatoms. The molecule has 1 aliphatic carbocycles. The first-order valence-corrected chi connectivity index (χ1v) is 4.20. The van der Waals surface area contributed by atoms with E-state index in [2.05, 4.69) is 5.32 Å². The average molecular weight is 179 g/mol. The fourth-order valence-electron chi connectivity index (χ4n) is 1.49. The lowest BCUT2D eigenvalue weighted by Gasteiger charge is -2.17. The highest BCUT2D eigenvalue weighted by Gasteiger charge is 2.39. The van der Waals surface area contributed by atoms with E-state index in [0.717, 1.165) is 0 Å². The van der Waals surface area contributed by atoms with Gasteiger partial charge in [-0.05, 0) is 13.3 Å². The van der Waals surface area contributed by atoms with Gasteiger partial charge >= 0.3 is 0 Å². The molecule has 0 aliphatic heterocycles. The van der Waals surface area contributed by atoms with Crippen LogP contribution in [0.25, 0.3) is 0 Å². The summed E-state index contributed by atoms with van der Waals surface area (Å²) in [5.74, 6) is -2.47. The van der Waals surface area contributed by atoms with Crippen molar-refractivity contribution in [2.75, 3.05) is 7.11 Å². The largest absolute Gasteiger partial charge is 0.367 e. The second kappa shape index (κ2) is 3.66. The monoisotopic (exact) mass is 179 g/mol. The Morgan fingerprint density at radius 2 is 2.25 bits per heavy atom. The minimum atomic E-state index is -2.47. The molecule has 1 aliphatic rings. The summed E-state index contributed by atoms with van der Waals surface area (Å²) in [7, 11) is 1.56. The lowest BCUT2D eigenvalue weighted by atomic mass is 10.2. The predicted octanol–water partition coefficient (Wildman–Crippen LogP) is 1.76. The standard InChI is InChI=1S/C8H15F2NO/c1-6(12-2)11-7-3-4-8(9,10)5-7/h6-7,11H,3-5H2,1-2H3. The van der Waals surface area contributed by atoms with E-state index in [1.54, 1.807) is 7.11 Å². The Morgan fingerprint density at radius 1 is 1.58 bits per heavy atom. The van der Waals surface area contributed by atoms with E-state index in [0.29, 0.717) is 6.42 Å². The number of methoxy groups -OCH3 is 1. The van der Waals surface area contributed by atoms with Crippen molar-refractivity contribution >= 4 is 0 Å². The number of halogens is 2. The topological polar surface area (TPSA) is 21.3 Å². The third-order valence-corrected chi connectivity index (χ3v) is 2.23. The van der Waals surface area contributed by atoms with E-state index in [1.807, 2.05) is 6.92 Å². The predicted molar refractivity (Wildman–Crippen MR) is 42.2 cm³/mol. The molecule has 1 saturated carbocycles. The summed E-state index contributed by atoms with van der Waals surface area (Å²) in [5, 5.41) is 2.98. The van der Waals surface area contributed by atoms with Crippen LogP contribution in [0.4, 0.5) is 8.78 Å². The molecule has 2 unspecified atom stereocenters. The second-order valence-electron chi connectivity index (χ2n) is 3.34. The molecule has 0 aromatic rings. The highest BCUT2D eigenvalue weighted by atomic mass is 19.3. The molecule has 1 rings (SSSR count). The van der Waals surface area contributed by atoms with Gasteiger partial charge in [0.25, 0.3) is 0 Å². The van der Waals surface area contributed by atoms with Crippen LogP contribution in [0.5, 0.6) is 0 Å². The van der Waals surface area contributed by atoms with Crippen molar-refractivity contribution in [3.8, 4) is 0 Å². The van der Waals surface area contributed by atoms with E-state index < -0.39 is 5.92 Å². The smallest absolute Gasteiger partial charge is 0.249 e. The van der Waals surface area contributed by atoms with Gasteiger partial charge in [0.15, 0.2) is 0 Å². The zero-order chi connectivity index (χ0) is 9.19. The Bertz CT molecular complexity index is 152. The van der Waals surface area contributed by atoms with Crippen molar-refractivity contribution in [1.82, 2.24) is 5.32 Å². The minimum absolute atomic E-state index is 0.00109. The lowest BCUT2D eigenvalue weighted by Crippen LogP contribution is -2.36. The van der Waals surface area contributed by atoms with Crippen LogP contribution in [0.3, 0.4) is 0 Å². The number of alkyl halides is 2. The molecule has 0 saturated heterocycles. The minimum Gasteiger partial charge on any atom is -0.367 e. The highest BCUT2D eigenvalue weighted by molar-refractivity contribution is 4.85. The Kier molecular flexibility index (Phi) is 3.01. The summed E-state index contributed by atoms with van der Waals surface area (Å²) in [6.07, 6.45) is 0.353. The van der Waals surface area contributed by atoms with Gasteiger partial charge < -0.3 is 4.74 Å². The second-order valence-corrected chi connectivity index (χ2v) is 3.34. The molecular weight excluding hydrogens is 164 g/mol. The first-order chi connectivity index (χ1) is 5.53. The molecule has 0 aromatic heterocycles. The number of ether oxygens (including phenoxy) is 1. The van der Waals surface area contributed by atoms with Gasteiger partial charge in [0.1, 0.15) is 6.23 Å². The zero-order valence-corrected chi connectivity index (χ0v) is 7.44. The van der Waals surface area contributed by atoms with Gasteiger partial charge in [-0.15, -0.1) is 0 Å².